The molecule has 2 aliphatic heterocycles. The Hall–Kier alpha value is -0.870. The first kappa shape index (κ1) is 9.68. The van der Waals surface area contributed by atoms with E-state index in [-0.39, 0.29) is 5.97 Å². The Labute approximate surface area is 83.5 Å². The van der Waals surface area contributed by atoms with Gasteiger partial charge >= 0.3 is 5.97 Å². The number of nitrogens with zero attached hydrogens (tertiary/aromatic N) is 1. The molecule has 4 nitrogen and oxygen atoms in total. The fraction of sp³-hybridized carbons (Fsp3) is 0.700. The van der Waals surface area contributed by atoms with Crippen LogP contribution in [0.3, 0.4) is 0 Å². The highest BCUT2D eigenvalue weighted by Gasteiger charge is 2.51. The van der Waals surface area contributed by atoms with Crippen LogP contribution in [0, 0.1) is 0 Å². The Morgan fingerprint density at radius 1 is 1.71 bits per heavy atom. The lowest BCUT2D eigenvalue weighted by atomic mass is 9.95. The Morgan fingerprint density at radius 2 is 2.50 bits per heavy atom. The summed E-state index contributed by atoms with van der Waals surface area (Å²) >= 11 is 0. The molecule has 2 saturated heterocycles. The molecule has 0 bridgehead atoms. The summed E-state index contributed by atoms with van der Waals surface area (Å²) in [6.07, 6.45) is 0.666. The SMILES string of the molecule is C=C1CN2CCOCC2(C(=O)OC)C1. The number of hydrogen-bond acceptors (Lipinski definition) is 4. The average molecular weight is 197 g/mol. The van der Waals surface area contributed by atoms with E-state index in [0.717, 1.165) is 18.7 Å². The minimum atomic E-state index is -0.579. The zero-order chi connectivity index (χ0) is 10.2. The van der Waals surface area contributed by atoms with Crippen molar-refractivity contribution in [1.82, 2.24) is 4.90 Å². The van der Waals surface area contributed by atoms with Gasteiger partial charge in [0.25, 0.3) is 0 Å². The van der Waals surface area contributed by atoms with Gasteiger partial charge < -0.3 is 9.47 Å². The molecule has 0 spiro atoms. The molecule has 2 heterocycles. The predicted molar refractivity (Wildman–Crippen MR) is 50.9 cm³/mol. The molecule has 0 aliphatic carbocycles. The largest absolute Gasteiger partial charge is 0.468 e. The summed E-state index contributed by atoms with van der Waals surface area (Å²) in [5.41, 5.74) is 0.505. The standard InChI is InChI=1S/C10H15NO3/c1-8-5-10(9(12)13-2)7-14-4-3-11(10)6-8/h1,3-7H2,2H3. The minimum Gasteiger partial charge on any atom is -0.468 e. The van der Waals surface area contributed by atoms with Gasteiger partial charge in [-0.1, -0.05) is 12.2 Å². The number of carbonyl (C=O) groups is 1. The first-order valence-corrected chi connectivity index (χ1v) is 4.77. The number of hydrogen-bond donors (Lipinski definition) is 0. The van der Waals surface area contributed by atoms with Gasteiger partial charge in [-0.05, 0) is 0 Å². The van der Waals surface area contributed by atoms with Crippen LogP contribution in [0.1, 0.15) is 6.42 Å². The number of morpholine rings is 1. The van der Waals surface area contributed by atoms with E-state index >= 15 is 0 Å². The van der Waals surface area contributed by atoms with E-state index < -0.39 is 5.54 Å². The van der Waals surface area contributed by atoms with Crippen molar-refractivity contribution in [3.05, 3.63) is 12.2 Å². The molecule has 0 radical (unpaired) electrons. The first-order valence-electron chi connectivity index (χ1n) is 4.77. The van der Waals surface area contributed by atoms with E-state index in [1.165, 1.54) is 7.11 Å². The van der Waals surface area contributed by atoms with Crippen LogP contribution >= 0.6 is 0 Å². The normalized spacial score (nSPS) is 32.8. The van der Waals surface area contributed by atoms with E-state index in [9.17, 15) is 4.79 Å². The maximum Gasteiger partial charge on any atom is 0.329 e. The molecule has 0 N–H and O–H groups in total. The van der Waals surface area contributed by atoms with Gasteiger partial charge in [0.15, 0.2) is 0 Å². The maximum atomic E-state index is 11.7. The van der Waals surface area contributed by atoms with Gasteiger partial charge in [0.1, 0.15) is 5.54 Å². The quantitative estimate of drug-likeness (QED) is 0.444. The number of rotatable bonds is 1. The molecule has 78 valence electrons. The Kier molecular flexibility index (Phi) is 2.33. The monoisotopic (exact) mass is 197 g/mol. The second kappa shape index (κ2) is 3.37. The van der Waals surface area contributed by atoms with Gasteiger partial charge in [-0.25, -0.2) is 4.79 Å². The van der Waals surface area contributed by atoms with E-state index in [4.69, 9.17) is 9.47 Å². The third kappa shape index (κ3) is 1.26. The van der Waals surface area contributed by atoms with Gasteiger partial charge in [0.05, 0.1) is 20.3 Å². The highest BCUT2D eigenvalue weighted by Crippen LogP contribution is 2.35. The van der Waals surface area contributed by atoms with Gasteiger partial charge in [-0.3, -0.25) is 4.90 Å². The van der Waals surface area contributed by atoms with E-state index in [2.05, 4.69) is 11.5 Å². The van der Waals surface area contributed by atoms with Crippen molar-refractivity contribution < 1.29 is 14.3 Å². The van der Waals surface area contributed by atoms with Crippen LogP contribution in [0.5, 0.6) is 0 Å². The van der Waals surface area contributed by atoms with E-state index in [1.807, 2.05) is 0 Å². The minimum absolute atomic E-state index is 0.198. The molecule has 0 amide bonds. The molecular weight excluding hydrogens is 182 g/mol. The van der Waals surface area contributed by atoms with Gasteiger partial charge in [0, 0.05) is 19.5 Å². The zero-order valence-electron chi connectivity index (χ0n) is 8.41. The van der Waals surface area contributed by atoms with E-state index in [1.54, 1.807) is 0 Å². The van der Waals surface area contributed by atoms with Crippen molar-refractivity contribution in [3.63, 3.8) is 0 Å². The molecule has 4 heteroatoms. The van der Waals surface area contributed by atoms with Gasteiger partial charge in [0.2, 0.25) is 0 Å². The summed E-state index contributed by atoms with van der Waals surface area (Å²) in [7, 11) is 1.42. The van der Waals surface area contributed by atoms with Gasteiger partial charge in [-0.2, -0.15) is 0 Å². The molecule has 0 aromatic heterocycles. The lowest BCUT2D eigenvalue weighted by Crippen LogP contribution is -2.58. The van der Waals surface area contributed by atoms with Crippen molar-refractivity contribution >= 4 is 5.97 Å². The number of esters is 1. The molecular formula is C10H15NO3. The molecule has 0 aromatic rings. The fourth-order valence-corrected chi connectivity index (χ4v) is 2.30. The molecule has 1 atom stereocenters. The molecule has 1 unspecified atom stereocenters. The summed E-state index contributed by atoms with van der Waals surface area (Å²) in [5.74, 6) is -0.198. The van der Waals surface area contributed by atoms with Crippen LogP contribution in [0.25, 0.3) is 0 Å². The van der Waals surface area contributed by atoms with Crippen molar-refractivity contribution in [3.8, 4) is 0 Å². The maximum absolute atomic E-state index is 11.7. The molecule has 0 aromatic carbocycles. The van der Waals surface area contributed by atoms with Crippen LogP contribution in [0.2, 0.25) is 0 Å². The van der Waals surface area contributed by atoms with Crippen molar-refractivity contribution in [1.29, 1.82) is 0 Å². The zero-order valence-corrected chi connectivity index (χ0v) is 8.41. The van der Waals surface area contributed by atoms with E-state index in [0.29, 0.717) is 19.6 Å². The van der Waals surface area contributed by atoms with Crippen LogP contribution in [-0.4, -0.2) is 49.8 Å². The number of methoxy groups -OCH3 is 1. The molecule has 2 fully saturated rings. The average Bonchev–Trinajstić information content (AvgIpc) is 2.53. The topological polar surface area (TPSA) is 38.8 Å². The van der Waals surface area contributed by atoms with Crippen LogP contribution in [0.4, 0.5) is 0 Å². The smallest absolute Gasteiger partial charge is 0.329 e. The van der Waals surface area contributed by atoms with Crippen molar-refractivity contribution in [2.24, 2.45) is 0 Å². The fourth-order valence-electron chi connectivity index (χ4n) is 2.30. The van der Waals surface area contributed by atoms with Crippen LogP contribution in [-0.2, 0) is 14.3 Å². The molecule has 2 rings (SSSR count). The molecule has 14 heavy (non-hydrogen) atoms. The number of fused-ring (bicyclic) bond motifs is 1. The summed E-state index contributed by atoms with van der Waals surface area (Å²) in [4.78, 5) is 13.8. The summed E-state index contributed by atoms with van der Waals surface area (Å²) in [6.45, 7) is 6.63. The lowest BCUT2D eigenvalue weighted by Gasteiger charge is -2.38. The molecule has 2 aliphatic rings. The second-order valence-corrected chi connectivity index (χ2v) is 3.92. The Balaban J connectivity index is 2.27. The lowest BCUT2D eigenvalue weighted by molar-refractivity contribution is -0.163. The Bertz CT molecular complexity index is 277. The van der Waals surface area contributed by atoms with Gasteiger partial charge in [-0.15, -0.1) is 0 Å². The van der Waals surface area contributed by atoms with Crippen LogP contribution < -0.4 is 0 Å². The highest BCUT2D eigenvalue weighted by atomic mass is 16.5. The Morgan fingerprint density at radius 3 is 3.21 bits per heavy atom. The summed E-state index contributed by atoms with van der Waals surface area (Å²) < 4.78 is 10.2. The summed E-state index contributed by atoms with van der Waals surface area (Å²) in [6, 6.07) is 0. The van der Waals surface area contributed by atoms with Crippen molar-refractivity contribution in [2.45, 2.75) is 12.0 Å². The number of ether oxygens (including phenoxy) is 2. The predicted octanol–water partition coefficient (Wildman–Crippen LogP) is 0.190. The summed E-state index contributed by atoms with van der Waals surface area (Å²) in [5, 5.41) is 0. The third-order valence-corrected chi connectivity index (χ3v) is 2.97. The first-order chi connectivity index (χ1) is 6.69. The van der Waals surface area contributed by atoms with Crippen molar-refractivity contribution in [2.75, 3.05) is 33.4 Å². The highest BCUT2D eigenvalue weighted by molar-refractivity contribution is 5.82. The van der Waals surface area contributed by atoms with Crippen LogP contribution in [0.15, 0.2) is 12.2 Å². The number of carbonyl (C=O) groups excluding carboxylic acids is 1. The third-order valence-electron chi connectivity index (χ3n) is 2.97. The molecule has 0 saturated carbocycles. The second-order valence-electron chi connectivity index (χ2n) is 3.92.